The molecular formula is C24H24N8O3. The Kier molecular flexibility index (Phi) is 5.73. The number of hydrogen-bond acceptors (Lipinski definition) is 7. The predicted molar refractivity (Wildman–Crippen MR) is 130 cm³/mol. The molecule has 178 valence electrons. The molecule has 2 amide bonds. The standard InChI is InChI=1S/C24H24N8O3/c1-14-8-9-26-18(11-14)29-23(33)16-6-4-15(5-7-16)20-19-21(25)27-13-28-22(19)32(30-20)17-3-2-10-31(12-17)24(34)35/h4-9,11,13,17H,2-3,10,12H2,1H3,(H,34,35)(H2,25,27,28)(H,26,29,33). The van der Waals surface area contributed by atoms with Crippen molar-refractivity contribution in [2.24, 2.45) is 0 Å². The quantitative estimate of drug-likeness (QED) is 0.409. The number of hydrogen-bond donors (Lipinski definition) is 3. The molecule has 4 N–H and O–H groups in total. The van der Waals surface area contributed by atoms with Crippen LogP contribution in [0.15, 0.2) is 48.9 Å². The smallest absolute Gasteiger partial charge is 0.407 e. The summed E-state index contributed by atoms with van der Waals surface area (Å²) in [6.45, 7) is 2.75. The molecular weight excluding hydrogens is 448 g/mol. The second-order valence-corrected chi connectivity index (χ2v) is 8.53. The number of anilines is 2. The number of benzene rings is 1. The van der Waals surface area contributed by atoms with Crippen molar-refractivity contribution < 1.29 is 14.7 Å². The van der Waals surface area contributed by atoms with Gasteiger partial charge in [-0.15, -0.1) is 0 Å². The van der Waals surface area contributed by atoms with E-state index >= 15 is 0 Å². The van der Waals surface area contributed by atoms with Crippen molar-refractivity contribution in [3.05, 3.63) is 60.0 Å². The highest BCUT2D eigenvalue weighted by Gasteiger charge is 2.28. The van der Waals surface area contributed by atoms with Crippen LogP contribution in [0, 0.1) is 6.92 Å². The monoisotopic (exact) mass is 472 g/mol. The minimum Gasteiger partial charge on any atom is -0.465 e. The first-order chi connectivity index (χ1) is 16.9. The van der Waals surface area contributed by atoms with E-state index in [0.29, 0.717) is 41.2 Å². The molecule has 3 aromatic heterocycles. The number of piperidine rings is 1. The van der Waals surface area contributed by atoms with Crippen LogP contribution in [0.2, 0.25) is 0 Å². The number of nitrogens with two attached hydrogens (primary N) is 1. The van der Waals surface area contributed by atoms with E-state index in [1.54, 1.807) is 41.2 Å². The first-order valence-electron chi connectivity index (χ1n) is 11.2. The van der Waals surface area contributed by atoms with E-state index in [9.17, 15) is 14.7 Å². The number of amides is 2. The van der Waals surface area contributed by atoms with Gasteiger partial charge in [0.2, 0.25) is 0 Å². The zero-order chi connectivity index (χ0) is 24.5. The molecule has 1 aliphatic heterocycles. The first kappa shape index (κ1) is 22.3. The molecule has 0 aliphatic carbocycles. The van der Waals surface area contributed by atoms with Gasteiger partial charge < -0.3 is 21.1 Å². The van der Waals surface area contributed by atoms with Crippen molar-refractivity contribution in [3.63, 3.8) is 0 Å². The zero-order valence-corrected chi connectivity index (χ0v) is 19.0. The van der Waals surface area contributed by atoms with Gasteiger partial charge in [-0.3, -0.25) is 4.79 Å². The van der Waals surface area contributed by atoms with E-state index < -0.39 is 6.09 Å². The lowest BCUT2D eigenvalue weighted by Crippen LogP contribution is -2.40. The van der Waals surface area contributed by atoms with E-state index in [0.717, 1.165) is 24.0 Å². The van der Waals surface area contributed by atoms with Crippen molar-refractivity contribution >= 4 is 34.7 Å². The summed E-state index contributed by atoms with van der Waals surface area (Å²) in [5, 5.41) is 17.6. The Balaban J connectivity index is 1.47. The summed E-state index contributed by atoms with van der Waals surface area (Å²) in [6, 6.07) is 10.5. The van der Waals surface area contributed by atoms with E-state index in [-0.39, 0.29) is 17.8 Å². The molecule has 1 unspecified atom stereocenters. The number of carbonyl (C=O) groups excluding carboxylic acids is 1. The molecule has 1 fully saturated rings. The maximum atomic E-state index is 12.7. The largest absolute Gasteiger partial charge is 0.465 e. The number of aromatic nitrogens is 5. The summed E-state index contributed by atoms with van der Waals surface area (Å²) >= 11 is 0. The third-order valence-corrected chi connectivity index (χ3v) is 6.11. The molecule has 0 spiro atoms. The number of nitrogens with zero attached hydrogens (tertiary/aromatic N) is 6. The van der Waals surface area contributed by atoms with Crippen molar-refractivity contribution in [1.82, 2.24) is 29.6 Å². The second-order valence-electron chi connectivity index (χ2n) is 8.53. The molecule has 0 radical (unpaired) electrons. The molecule has 1 saturated heterocycles. The van der Waals surface area contributed by atoms with E-state index in [1.807, 2.05) is 13.0 Å². The Hall–Kier alpha value is -4.54. The van der Waals surface area contributed by atoms with Gasteiger partial charge in [0, 0.05) is 30.4 Å². The molecule has 11 heteroatoms. The molecule has 35 heavy (non-hydrogen) atoms. The van der Waals surface area contributed by atoms with Gasteiger partial charge in [-0.05, 0) is 49.6 Å². The summed E-state index contributed by atoms with van der Waals surface area (Å²) in [5.41, 5.74) is 9.55. The normalized spacial score (nSPS) is 15.8. The Labute approximate surface area is 200 Å². The number of nitrogen functional groups attached to an aromatic ring is 1. The van der Waals surface area contributed by atoms with Crippen LogP contribution >= 0.6 is 0 Å². The molecule has 1 aromatic carbocycles. The lowest BCUT2D eigenvalue weighted by atomic mass is 10.1. The van der Waals surface area contributed by atoms with Gasteiger partial charge in [-0.1, -0.05) is 12.1 Å². The van der Waals surface area contributed by atoms with Crippen LogP contribution < -0.4 is 11.1 Å². The van der Waals surface area contributed by atoms with Crippen LogP contribution in [0.4, 0.5) is 16.4 Å². The number of aryl methyl sites for hydroxylation is 1. The summed E-state index contributed by atoms with van der Waals surface area (Å²) in [4.78, 5) is 38.3. The first-order valence-corrected chi connectivity index (χ1v) is 11.2. The van der Waals surface area contributed by atoms with Crippen LogP contribution in [0.25, 0.3) is 22.3 Å². The molecule has 5 rings (SSSR count). The fourth-order valence-corrected chi connectivity index (χ4v) is 4.35. The summed E-state index contributed by atoms with van der Waals surface area (Å²) in [6.07, 6.45) is 3.58. The number of rotatable bonds is 4. The van der Waals surface area contributed by atoms with Gasteiger partial charge in [-0.2, -0.15) is 5.10 Å². The minimum absolute atomic E-state index is 0.169. The Morgan fingerprint density at radius 2 is 1.94 bits per heavy atom. The molecule has 1 atom stereocenters. The lowest BCUT2D eigenvalue weighted by molar-refractivity contribution is 0.102. The molecule has 0 saturated carbocycles. The third-order valence-electron chi connectivity index (χ3n) is 6.11. The highest BCUT2D eigenvalue weighted by Crippen LogP contribution is 2.33. The number of likely N-dealkylation sites (tertiary alicyclic amines) is 1. The Bertz CT molecular complexity index is 1420. The topological polar surface area (TPSA) is 152 Å². The highest BCUT2D eigenvalue weighted by atomic mass is 16.4. The van der Waals surface area contributed by atoms with Crippen LogP contribution in [0.1, 0.15) is 34.8 Å². The minimum atomic E-state index is -0.949. The Morgan fingerprint density at radius 1 is 1.14 bits per heavy atom. The number of carbonyl (C=O) groups is 2. The number of fused-ring (bicyclic) bond motifs is 1. The lowest BCUT2D eigenvalue weighted by Gasteiger charge is -2.30. The van der Waals surface area contributed by atoms with Gasteiger partial charge in [0.25, 0.3) is 5.91 Å². The predicted octanol–water partition coefficient (Wildman–Crippen LogP) is 3.35. The van der Waals surface area contributed by atoms with Gasteiger partial charge >= 0.3 is 6.09 Å². The average molecular weight is 473 g/mol. The summed E-state index contributed by atoms with van der Waals surface area (Å²) < 4.78 is 1.75. The van der Waals surface area contributed by atoms with Gasteiger partial charge in [0.15, 0.2) is 5.65 Å². The zero-order valence-electron chi connectivity index (χ0n) is 19.0. The molecule has 4 aromatic rings. The van der Waals surface area contributed by atoms with E-state index in [4.69, 9.17) is 10.8 Å². The van der Waals surface area contributed by atoms with Gasteiger partial charge in [0.05, 0.1) is 11.4 Å². The van der Waals surface area contributed by atoms with Crippen LogP contribution in [-0.4, -0.2) is 59.8 Å². The van der Waals surface area contributed by atoms with Crippen LogP contribution in [0.5, 0.6) is 0 Å². The number of nitrogens with one attached hydrogen (secondary N) is 1. The van der Waals surface area contributed by atoms with Crippen molar-refractivity contribution in [2.75, 3.05) is 24.1 Å². The molecule has 0 bridgehead atoms. The SMILES string of the molecule is Cc1ccnc(NC(=O)c2ccc(-c3nn(C4CCCN(C(=O)O)C4)c4ncnc(N)c34)cc2)c1. The summed E-state index contributed by atoms with van der Waals surface area (Å²) in [5.74, 6) is 0.495. The van der Waals surface area contributed by atoms with Gasteiger partial charge in [0.1, 0.15) is 23.7 Å². The van der Waals surface area contributed by atoms with Crippen LogP contribution in [-0.2, 0) is 0 Å². The van der Waals surface area contributed by atoms with E-state index in [1.165, 1.54) is 11.2 Å². The van der Waals surface area contributed by atoms with Crippen molar-refractivity contribution in [2.45, 2.75) is 25.8 Å². The highest BCUT2D eigenvalue weighted by molar-refractivity contribution is 6.04. The fraction of sp³-hybridized carbons (Fsp3) is 0.250. The Morgan fingerprint density at radius 3 is 2.69 bits per heavy atom. The van der Waals surface area contributed by atoms with Crippen LogP contribution in [0.3, 0.4) is 0 Å². The molecule has 11 nitrogen and oxygen atoms in total. The third kappa shape index (κ3) is 4.35. The maximum absolute atomic E-state index is 12.7. The summed E-state index contributed by atoms with van der Waals surface area (Å²) in [7, 11) is 0. The van der Waals surface area contributed by atoms with Gasteiger partial charge in [-0.25, -0.2) is 24.4 Å². The van der Waals surface area contributed by atoms with Crippen molar-refractivity contribution in [1.29, 1.82) is 0 Å². The number of pyridine rings is 1. The second kappa shape index (κ2) is 9.01. The fourth-order valence-electron chi connectivity index (χ4n) is 4.35. The molecule has 1 aliphatic rings. The maximum Gasteiger partial charge on any atom is 0.407 e. The number of carboxylic acid groups (broad SMARTS) is 1. The molecule has 4 heterocycles. The average Bonchev–Trinajstić information content (AvgIpc) is 3.25. The van der Waals surface area contributed by atoms with E-state index in [2.05, 4.69) is 20.3 Å². The van der Waals surface area contributed by atoms with Crippen molar-refractivity contribution in [3.8, 4) is 11.3 Å².